The fourth-order valence-electron chi connectivity index (χ4n) is 2.49. The number of nitrogens with zero attached hydrogens (tertiary/aromatic N) is 3. The monoisotopic (exact) mass is 465 g/mol. The number of aromatic nitrogens is 3. The Hall–Kier alpha value is -2.26. The molecular weight excluding hydrogens is 448 g/mol. The zero-order valence-corrected chi connectivity index (χ0v) is 16.3. The third-order valence-corrected chi connectivity index (χ3v) is 4.67. The van der Waals surface area contributed by atoms with Gasteiger partial charge in [-0.05, 0) is 20.3 Å². The standard InChI is InChI=1S/C15H17BF9N5O/c1-5(14(20,21)22)26-10-28-9(29-11(30-10)27-6(2)15(23,24)25)7-3-4-12(18,19)13(16,31)8(7)17/h5-6,31H,3-4,16H2,1-2H3,(H2,26,27,28,29,30)/t5-,6-,13?/m1/s1. The van der Waals surface area contributed by atoms with Crippen molar-refractivity contribution in [3.8, 4) is 0 Å². The van der Waals surface area contributed by atoms with E-state index in [-0.39, 0.29) is 0 Å². The molecule has 0 bridgehead atoms. The van der Waals surface area contributed by atoms with Crippen LogP contribution < -0.4 is 10.6 Å². The van der Waals surface area contributed by atoms with E-state index in [2.05, 4.69) is 15.0 Å². The van der Waals surface area contributed by atoms with E-state index >= 15 is 0 Å². The third-order valence-electron chi connectivity index (χ3n) is 4.67. The molecule has 0 aliphatic heterocycles. The van der Waals surface area contributed by atoms with Crippen LogP contribution in [0.3, 0.4) is 0 Å². The smallest absolute Gasteiger partial charge is 0.386 e. The van der Waals surface area contributed by atoms with Gasteiger partial charge in [0.2, 0.25) is 11.9 Å². The quantitative estimate of drug-likeness (QED) is 0.459. The molecule has 1 aromatic rings. The number of nitrogens with one attached hydrogen (secondary N) is 2. The molecule has 174 valence electrons. The summed E-state index contributed by atoms with van der Waals surface area (Å²) in [5.41, 5.74) is -3.96. The average molecular weight is 465 g/mol. The molecule has 1 aliphatic carbocycles. The van der Waals surface area contributed by atoms with Crippen molar-refractivity contribution in [1.29, 1.82) is 0 Å². The Labute approximate surface area is 170 Å². The van der Waals surface area contributed by atoms with Gasteiger partial charge in [0, 0.05) is 12.0 Å². The van der Waals surface area contributed by atoms with Gasteiger partial charge in [0.1, 0.15) is 23.4 Å². The van der Waals surface area contributed by atoms with Crippen molar-refractivity contribution in [3.63, 3.8) is 0 Å². The molecule has 2 rings (SSSR count). The molecule has 16 heteroatoms. The SMILES string of the molecule is BC1(O)C(F)=C(c2nc(N[C@H](C)C(F)(F)F)nc(N[C@H](C)C(F)(F)F)n2)CCC1(F)F. The summed E-state index contributed by atoms with van der Waals surface area (Å²) < 4.78 is 119. The van der Waals surface area contributed by atoms with Crippen LogP contribution in [-0.2, 0) is 0 Å². The number of halogens is 9. The van der Waals surface area contributed by atoms with E-state index in [1.54, 1.807) is 10.6 Å². The van der Waals surface area contributed by atoms with Gasteiger partial charge in [-0.1, -0.05) is 0 Å². The van der Waals surface area contributed by atoms with Gasteiger partial charge in [-0.15, -0.1) is 0 Å². The molecule has 6 nitrogen and oxygen atoms in total. The summed E-state index contributed by atoms with van der Waals surface area (Å²) in [7, 11) is 0.485. The number of rotatable bonds is 5. The number of anilines is 2. The largest absolute Gasteiger partial charge is 0.408 e. The van der Waals surface area contributed by atoms with E-state index in [9.17, 15) is 44.6 Å². The number of hydrogen-bond donors (Lipinski definition) is 3. The van der Waals surface area contributed by atoms with Crippen molar-refractivity contribution in [1.82, 2.24) is 15.0 Å². The molecular formula is C15H17BF9N5O. The zero-order chi connectivity index (χ0) is 24.0. The second-order valence-corrected chi connectivity index (χ2v) is 7.19. The number of allylic oxidation sites excluding steroid dienone is 1. The van der Waals surface area contributed by atoms with Crippen LogP contribution in [0.25, 0.3) is 5.57 Å². The Bertz CT molecular complexity index is 816. The highest BCUT2D eigenvalue weighted by molar-refractivity contribution is 6.18. The first kappa shape index (κ1) is 25.0. The fraction of sp³-hybridized carbons (Fsp3) is 0.667. The van der Waals surface area contributed by atoms with Crippen LogP contribution in [0.4, 0.5) is 51.4 Å². The lowest BCUT2D eigenvalue weighted by atomic mass is 9.68. The van der Waals surface area contributed by atoms with Crippen molar-refractivity contribution in [2.24, 2.45) is 0 Å². The van der Waals surface area contributed by atoms with E-state index in [0.29, 0.717) is 21.7 Å². The second kappa shape index (κ2) is 8.02. The highest BCUT2D eigenvalue weighted by Crippen LogP contribution is 2.46. The summed E-state index contributed by atoms with van der Waals surface area (Å²) in [6, 6.07) is -4.51. The van der Waals surface area contributed by atoms with Gasteiger partial charge >= 0.3 is 12.4 Å². The minimum atomic E-state index is -4.79. The second-order valence-electron chi connectivity index (χ2n) is 7.19. The molecule has 0 spiro atoms. The Morgan fingerprint density at radius 3 is 1.74 bits per heavy atom. The molecule has 0 saturated heterocycles. The van der Waals surface area contributed by atoms with E-state index < -0.39 is 77.8 Å². The molecule has 0 saturated carbocycles. The molecule has 1 aromatic heterocycles. The van der Waals surface area contributed by atoms with Gasteiger partial charge < -0.3 is 15.7 Å². The van der Waals surface area contributed by atoms with Crippen molar-refractivity contribution in [3.05, 3.63) is 11.7 Å². The summed E-state index contributed by atoms with van der Waals surface area (Å²) in [4.78, 5) is 10.5. The summed E-state index contributed by atoms with van der Waals surface area (Å²) in [5.74, 6) is -8.16. The molecule has 3 N–H and O–H groups in total. The van der Waals surface area contributed by atoms with Crippen LogP contribution in [0.2, 0.25) is 0 Å². The Morgan fingerprint density at radius 1 is 0.935 bits per heavy atom. The Morgan fingerprint density at radius 2 is 1.35 bits per heavy atom. The highest BCUT2D eigenvalue weighted by atomic mass is 19.4. The van der Waals surface area contributed by atoms with Crippen LogP contribution in [-0.4, -0.2) is 63.8 Å². The summed E-state index contributed by atoms with van der Waals surface area (Å²) >= 11 is 0. The maximum atomic E-state index is 14.6. The molecule has 1 heterocycles. The first-order valence-corrected chi connectivity index (χ1v) is 8.78. The zero-order valence-electron chi connectivity index (χ0n) is 16.3. The van der Waals surface area contributed by atoms with Crippen LogP contribution in [0, 0.1) is 0 Å². The van der Waals surface area contributed by atoms with Crippen LogP contribution in [0.15, 0.2) is 5.83 Å². The van der Waals surface area contributed by atoms with E-state index in [4.69, 9.17) is 0 Å². The molecule has 3 atom stereocenters. The van der Waals surface area contributed by atoms with Crippen molar-refractivity contribution in [2.75, 3.05) is 10.6 Å². The molecule has 0 radical (unpaired) electrons. The van der Waals surface area contributed by atoms with Crippen molar-refractivity contribution in [2.45, 2.75) is 62.5 Å². The lowest BCUT2D eigenvalue weighted by Gasteiger charge is -2.36. The highest BCUT2D eigenvalue weighted by Gasteiger charge is 2.55. The molecule has 1 aliphatic rings. The van der Waals surface area contributed by atoms with Gasteiger partial charge in [0.05, 0.1) is 0 Å². The first-order chi connectivity index (χ1) is 13.9. The van der Waals surface area contributed by atoms with Crippen LogP contribution in [0.5, 0.6) is 0 Å². The third kappa shape index (κ3) is 5.33. The normalized spacial score (nSPS) is 24.0. The van der Waals surface area contributed by atoms with Crippen LogP contribution >= 0.6 is 0 Å². The lowest BCUT2D eigenvalue weighted by molar-refractivity contribution is -0.139. The summed E-state index contributed by atoms with van der Waals surface area (Å²) in [6.07, 6.45) is -11.4. The first-order valence-electron chi connectivity index (χ1n) is 8.78. The predicted octanol–water partition coefficient (Wildman–Crippen LogP) is 3.03. The predicted molar refractivity (Wildman–Crippen MR) is 93.8 cm³/mol. The molecule has 0 aromatic carbocycles. The topological polar surface area (TPSA) is 83.0 Å². The van der Waals surface area contributed by atoms with Crippen molar-refractivity contribution < 1.29 is 44.6 Å². The van der Waals surface area contributed by atoms with Crippen LogP contribution in [0.1, 0.15) is 32.5 Å². The van der Waals surface area contributed by atoms with Crippen molar-refractivity contribution >= 4 is 25.3 Å². The van der Waals surface area contributed by atoms with Gasteiger partial charge in [0.15, 0.2) is 13.7 Å². The number of aliphatic hydroxyl groups is 1. The number of hydrogen-bond acceptors (Lipinski definition) is 6. The summed E-state index contributed by atoms with van der Waals surface area (Å²) in [6.45, 7) is 1.33. The lowest BCUT2D eigenvalue weighted by Crippen LogP contribution is -2.51. The molecule has 31 heavy (non-hydrogen) atoms. The Kier molecular flexibility index (Phi) is 6.47. The fourth-order valence-corrected chi connectivity index (χ4v) is 2.49. The van der Waals surface area contributed by atoms with Gasteiger partial charge in [-0.2, -0.15) is 41.3 Å². The van der Waals surface area contributed by atoms with E-state index in [1.807, 2.05) is 0 Å². The molecule has 0 fully saturated rings. The minimum Gasteiger partial charge on any atom is -0.386 e. The summed E-state index contributed by atoms with van der Waals surface area (Å²) in [5, 5.41) is 13.5. The molecule has 1 unspecified atom stereocenters. The number of alkyl halides is 8. The van der Waals surface area contributed by atoms with Gasteiger partial charge in [-0.3, -0.25) is 0 Å². The maximum absolute atomic E-state index is 14.6. The minimum absolute atomic E-state index is 0.485. The molecule has 0 amide bonds. The maximum Gasteiger partial charge on any atom is 0.408 e. The van der Waals surface area contributed by atoms with Gasteiger partial charge in [0.25, 0.3) is 5.92 Å². The van der Waals surface area contributed by atoms with Gasteiger partial charge in [-0.25, -0.2) is 13.2 Å². The Balaban J connectivity index is 2.56. The van der Waals surface area contributed by atoms with E-state index in [1.165, 1.54) is 0 Å². The average Bonchev–Trinajstić information content (AvgIpc) is 2.58. The van der Waals surface area contributed by atoms with E-state index in [0.717, 1.165) is 0 Å².